The lowest BCUT2D eigenvalue weighted by Gasteiger charge is -2.14. The third kappa shape index (κ3) is 2.06. The van der Waals surface area contributed by atoms with Gasteiger partial charge in [-0.2, -0.15) is 0 Å². The number of benzene rings is 2. The van der Waals surface area contributed by atoms with Gasteiger partial charge in [0.15, 0.2) is 0 Å². The van der Waals surface area contributed by atoms with E-state index in [1.807, 2.05) is 42.5 Å². The van der Waals surface area contributed by atoms with E-state index in [0.717, 1.165) is 27.6 Å². The second-order valence-electron chi connectivity index (χ2n) is 4.46. The van der Waals surface area contributed by atoms with Crippen molar-refractivity contribution < 1.29 is 4.74 Å². The van der Waals surface area contributed by atoms with Gasteiger partial charge in [-0.3, -0.25) is 0 Å². The van der Waals surface area contributed by atoms with Crippen molar-refractivity contribution in [1.82, 2.24) is 4.98 Å². The maximum atomic E-state index is 6.10. The lowest BCUT2D eigenvalue weighted by Crippen LogP contribution is -1.94. The van der Waals surface area contributed by atoms with Crippen molar-refractivity contribution in [2.45, 2.75) is 0 Å². The highest BCUT2D eigenvalue weighted by molar-refractivity contribution is 6.30. The molecule has 0 radical (unpaired) electrons. The van der Waals surface area contributed by atoms with Crippen LogP contribution in [0.15, 0.2) is 48.7 Å². The molecular weight excluding hydrogens is 272 g/mol. The molecule has 100 valence electrons. The highest BCUT2D eigenvalue weighted by Crippen LogP contribution is 2.39. The van der Waals surface area contributed by atoms with E-state index in [1.165, 1.54) is 0 Å². The van der Waals surface area contributed by atoms with Crippen molar-refractivity contribution in [3.05, 3.63) is 53.8 Å². The van der Waals surface area contributed by atoms with Crippen LogP contribution in [0.1, 0.15) is 0 Å². The Morgan fingerprint density at radius 2 is 1.95 bits per heavy atom. The number of hydrogen-bond acceptors (Lipinski definition) is 3. The molecule has 0 saturated carbocycles. The van der Waals surface area contributed by atoms with Gasteiger partial charge in [0, 0.05) is 28.4 Å². The quantitative estimate of drug-likeness (QED) is 0.568. The molecule has 0 spiro atoms. The van der Waals surface area contributed by atoms with E-state index < -0.39 is 0 Å². The average molecular weight is 285 g/mol. The van der Waals surface area contributed by atoms with Gasteiger partial charge in [-0.1, -0.05) is 29.8 Å². The van der Waals surface area contributed by atoms with Crippen LogP contribution in [-0.4, -0.2) is 12.1 Å². The van der Waals surface area contributed by atoms with Gasteiger partial charge >= 0.3 is 0 Å². The topological polar surface area (TPSA) is 48.1 Å². The Balaban J connectivity index is 2.43. The molecule has 1 heterocycles. The number of pyridine rings is 1. The Morgan fingerprint density at radius 1 is 1.15 bits per heavy atom. The number of nitrogens with zero attached hydrogens (tertiary/aromatic N) is 1. The van der Waals surface area contributed by atoms with E-state index >= 15 is 0 Å². The third-order valence-electron chi connectivity index (χ3n) is 3.28. The molecule has 0 aliphatic heterocycles. The predicted octanol–water partition coefficient (Wildman–Crippen LogP) is 4.15. The predicted molar refractivity (Wildman–Crippen MR) is 83.2 cm³/mol. The van der Waals surface area contributed by atoms with Crippen molar-refractivity contribution in [1.29, 1.82) is 0 Å². The molecule has 3 aromatic rings. The van der Waals surface area contributed by atoms with Gasteiger partial charge in [0.2, 0.25) is 0 Å². The number of nitrogen functional groups attached to an aromatic ring is 1. The fraction of sp³-hybridized carbons (Fsp3) is 0.0625. The second kappa shape index (κ2) is 5.02. The number of halogens is 1. The minimum Gasteiger partial charge on any atom is -0.496 e. The monoisotopic (exact) mass is 284 g/mol. The summed E-state index contributed by atoms with van der Waals surface area (Å²) in [7, 11) is 1.65. The molecule has 3 nitrogen and oxygen atoms in total. The zero-order valence-corrected chi connectivity index (χ0v) is 11.7. The Morgan fingerprint density at radius 3 is 2.70 bits per heavy atom. The van der Waals surface area contributed by atoms with Crippen LogP contribution in [0, 0.1) is 0 Å². The minimum atomic E-state index is 0.446. The van der Waals surface area contributed by atoms with Gasteiger partial charge in [0.1, 0.15) is 10.9 Å². The Hall–Kier alpha value is -2.26. The first-order valence-corrected chi connectivity index (χ1v) is 6.55. The van der Waals surface area contributed by atoms with Crippen molar-refractivity contribution in [3.63, 3.8) is 0 Å². The lowest BCUT2D eigenvalue weighted by molar-refractivity contribution is 0.417. The Labute approximate surface area is 122 Å². The first-order valence-electron chi connectivity index (χ1n) is 6.18. The maximum absolute atomic E-state index is 6.10. The van der Waals surface area contributed by atoms with E-state index in [0.29, 0.717) is 10.8 Å². The second-order valence-corrected chi connectivity index (χ2v) is 4.85. The normalized spacial score (nSPS) is 10.7. The van der Waals surface area contributed by atoms with E-state index in [9.17, 15) is 0 Å². The summed E-state index contributed by atoms with van der Waals surface area (Å²) in [5, 5.41) is 2.41. The number of rotatable bonds is 2. The fourth-order valence-corrected chi connectivity index (χ4v) is 2.50. The highest BCUT2D eigenvalue weighted by Gasteiger charge is 2.13. The van der Waals surface area contributed by atoms with E-state index in [4.69, 9.17) is 22.1 Å². The maximum Gasteiger partial charge on any atom is 0.129 e. The number of nitrogens with two attached hydrogens (primary N) is 1. The molecule has 2 aromatic carbocycles. The number of hydrogen-bond donors (Lipinski definition) is 1. The molecule has 2 N–H and O–H groups in total. The van der Waals surface area contributed by atoms with Gasteiger partial charge in [0.25, 0.3) is 0 Å². The van der Waals surface area contributed by atoms with E-state index in [2.05, 4.69) is 4.98 Å². The molecule has 0 atom stereocenters. The molecule has 20 heavy (non-hydrogen) atoms. The van der Waals surface area contributed by atoms with Crippen LogP contribution in [0.5, 0.6) is 5.75 Å². The number of ether oxygens (including phenoxy) is 1. The molecule has 0 amide bonds. The van der Waals surface area contributed by atoms with Crippen molar-refractivity contribution >= 4 is 28.1 Å². The molecule has 1 aromatic heterocycles. The SMILES string of the molecule is COc1ccc2cnc(Cl)cc2c1-c1ccccc1N. The van der Waals surface area contributed by atoms with Gasteiger partial charge in [-0.05, 0) is 29.7 Å². The molecular formula is C16H13ClN2O. The molecule has 0 aliphatic carbocycles. The van der Waals surface area contributed by atoms with Gasteiger partial charge < -0.3 is 10.5 Å². The summed E-state index contributed by atoms with van der Waals surface area (Å²) >= 11 is 6.03. The van der Waals surface area contributed by atoms with Crippen LogP contribution < -0.4 is 10.5 Å². The molecule has 0 unspecified atom stereocenters. The van der Waals surface area contributed by atoms with Gasteiger partial charge in [-0.15, -0.1) is 0 Å². The number of aromatic nitrogens is 1. The molecule has 0 fully saturated rings. The molecule has 0 bridgehead atoms. The summed E-state index contributed by atoms with van der Waals surface area (Å²) in [6.07, 6.45) is 1.75. The summed E-state index contributed by atoms with van der Waals surface area (Å²) in [6.45, 7) is 0. The Bertz CT molecular complexity index is 787. The van der Waals surface area contributed by atoms with E-state index in [-0.39, 0.29) is 0 Å². The van der Waals surface area contributed by atoms with Crippen LogP contribution >= 0.6 is 11.6 Å². The van der Waals surface area contributed by atoms with Crippen LogP contribution in [0.3, 0.4) is 0 Å². The van der Waals surface area contributed by atoms with Crippen LogP contribution in [0.4, 0.5) is 5.69 Å². The van der Waals surface area contributed by atoms with Crippen LogP contribution in [-0.2, 0) is 0 Å². The molecule has 3 rings (SSSR count). The summed E-state index contributed by atoms with van der Waals surface area (Å²) in [5.41, 5.74) is 8.67. The minimum absolute atomic E-state index is 0.446. The lowest BCUT2D eigenvalue weighted by atomic mass is 9.97. The number of fused-ring (bicyclic) bond motifs is 1. The number of para-hydroxylation sites is 1. The zero-order chi connectivity index (χ0) is 14.1. The average Bonchev–Trinajstić information content (AvgIpc) is 2.47. The molecule has 0 saturated heterocycles. The first-order chi connectivity index (χ1) is 9.70. The van der Waals surface area contributed by atoms with Crippen molar-refractivity contribution in [3.8, 4) is 16.9 Å². The highest BCUT2D eigenvalue weighted by atomic mass is 35.5. The van der Waals surface area contributed by atoms with Crippen molar-refractivity contribution in [2.24, 2.45) is 0 Å². The largest absolute Gasteiger partial charge is 0.496 e. The third-order valence-corrected chi connectivity index (χ3v) is 3.49. The molecule has 4 heteroatoms. The smallest absolute Gasteiger partial charge is 0.129 e. The van der Waals surface area contributed by atoms with Crippen LogP contribution in [0.25, 0.3) is 21.9 Å². The summed E-state index contributed by atoms with van der Waals surface area (Å²) in [6, 6.07) is 13.4. The number of methoxy groups -OCH3 is 1. The summed E-state index contributed by atoms with van der Waals surface area (Å²) < 4.78 is 5.48. The molecule has 0 aliphatic rings. The van der Waals surface area contributed by atoms with Crippen molar-refractivity contribution in [2.75, 3.05) is 12.8 Å². The van der Waals surface area contributed by atoms with E-state index in [1.54, 1.807) is 13.3 Å². The zero-order valence-electron chi connectivity index (χ0n) is 10.9. The Kier molecular flexibility index (Phi) is 3.20. The van der Waals surface area contributed by atoms with Crippen LogP contribution in [0.2, 0.25) is 5.15 Å². The first kappa shape index (κ1) is 12.8. The summed E-state index contributed by atoms with van der Waals surface area (Å²) in [5.74, 6) is 0.762. The van der Waals surface area contributed by atoms with Gasteiger partial charge in [-0.25, -0.2) is 4.98 Å². The number of anilines is 1. The summed E-state index contributed by atoms with van der Waals surface area (Å²) in [4.78, 5) is 4.11. The fourth-order valence-electron chi connectivity index (χ4n) is 2.34. The van der Waals surface area contributed by atoms with Gasteiger partial charge in [0.05, 0.1) is 7.11 Å². The standard InChI is InChI=1S/C16H13ClN2O/c1-20-14-7-6-10-9-19-15(17)8-12(10)16(14)11-4-2-3-5-13(11)18/h2-9H,18H2,1H3.